The van der Waals surface area contributed by atoms with Crippen LogP contribution in [0.2, 0.25) is 0 Å². The lowest BCUT2D eigenvalue weighted by Gasteiger charge is -2.05. The molecule has 0 unspecified atom stereocenters. The van der Waals surface area contributed by atoms with Crippen LogP contribution in [0.1, 0.15) is 30.5 Å². The zero-order chi connectivity index (χ0) is 10.4. The second kappa shape index (κ2) is 5.78. The van der Waals surface area contributed by atoms with Crippen molar-refractivity contribution in [2.75, 3.05) is 7.05 Å². The standard InChI is InChI=1S/C10H14N2.C2H6/c1-11-5-8-3-2-4-9-6-12-7-10(8)9;1-2/h2-4,11-12H,5-7H2,1H3;1-2H3. The first-order valence-corrected chi connectivity index (χ1v) is 5.37. The Morgan fingerprint density at radius 2 is 2.07 bits per heavy atom. The summed E-state index contributed by atoms with van der Waals surface area (Å²) in [6, 6.07) is 6.54. The fourth-order valence-electron chi connectivity index (χ4n) is 1.76. The Kier molecular flexibility index (Phi) is 4.63. The summed E-state index contributed by atoms with van der Waals surface area (Å²) in [5.41, 5.74) is 4.38. The van der Waals surface area contributed by atoms with E-state index in [-0.39, 0.29) is 0 Å². The third kappa shape index (κ3) is 2.34. The van der Waals surface area contributed by atoms with Crippen LogP contribution in [0.3, 0.4) is 0 Å². The fourth-order valence-corrected chi connectivity index (χ4v) is 1.76. The van der Waals surface area contributed by atoms with E-state index in [1.54, 1.807) is 0 Å². The Morgan fingerprint density at radius 3 is 2.79 bits per heavy atom. The van der Waals surface area contributed by atoms with Gasteiger partial charge in [0.25, 0.3) is 0 Å². The summed E-state index contributed by atoms with van der Waals surface area (Å²) < 4.78 is 0. The van der Waals surface area contributed by atoms with Crippen LogP contribution in [0, 0.1) is 0 Å². The van der Waals surface area contributed by atoms with Gasteiger partial charge in [-0.1, -0.05) is 32.0 Å². The monoisotopic (exact) mass is 192 g/mol. The highest BCUT2D eigenvalue weighted by atomic mass is 14.9. The van der Waals surface area contributed by atoms with Gasteiger partial charge in [0.05, 0.1) is 0 Å². The first-order chi connectivity index (χ1) is 6.92. The second-order valence-corrected chi connectivity index (χ2v) is 3.19. The van der Waals surface area contributed by atoms with Crippen molar-refractivity contribution in [3.63, 3.8) is 0 Å². The van der Waals surface area contributed by atoms with Gasteiger partial charge in [-0.15, -0.1) is 0 Å². The molecule has 0 aromatic heterocycles. The predicted molar refractivity (Wildman–Crippen MR) is 61.1 cm³/mol. The molecular formula is C12H20N2. The van der Waals surface area contributed by atoms with Crippen LogP contribution in [0.4, 0.5) is 0 Å². The molecule has 0 bridgehead atoms. The predicted octanol–water partition coefficient (Wildman–Crippen LogP) is 2.04. The molecule has 0 radical (unpaired) electrons. The molecule has 0 fully saturated rings. The number of fused-ring (bicyclic) bond motifs is 1. The third-order valence-corrected chi connectivity index (χ3v) is 2.35. The van der Waals surface area contributed by atoms with Gasteiger partial charge in [-0.25, -0.2) is 0 Å². The maximum atomic E-state index is 3.36. The molecule has 1 aliphatic rings. The van der Waals surface area contributed by atoms with Crippen molar-refractivity contribution in [1.29, 1.82) is 0 Å². The average Bonchev–Trinajstić information content (AvgIpc) is 2.70. The van der Waals surface area contributed by atoms with Crippen LogP contribution >= 0.6 is 0 Å². The quantitative estimate of drug-likeness (QED) is 0.749. The highest BCUT2D eigenvalue weighted by Crippen LogP contribution is 2.19. The molecule has 2 N–H and O–H groups in total. The van der Waals surface area contributed by atoms with E-state index in [4.69, 9.17) is 0 Å². The van der Waals surface area contributed by atoms with E-state index in [1.807, 2.05) is 20.9 Å². The molecule has 0 saturated heterocycles. The summed E-state index contributed by atoms with van der Waals surface area (Å²) >= 11 is 0. The molecule has 2 nitrogen and oxygen atoms in total. The summed E-state index contributed by atoms with van der Waals surface area (Å²) in [6.07, 6.45) is 0. The summed E-state index contributed by atoms with van der Waals surface area (Å²) in [7, 11) is 1.99. The van der Waals surface area contributed by atoms with Gasteiger partial charge in [-0.3, -0.25) is 0 Å². The van der Waals surface area contributed by atoms with Crippen LogP contribution in [0.15, 0.2) is 18.2 Å². The van der Waals surface area contributed by atoms with Crippen molar-refractivity contribution in [2.24, 2.45) is 0 Å². The number of benzene rings is 1. The van der Waals surface area contributed by atoms with Gasteiger partial charge in [0.15, 0.2) is 0 Å². The van der Waals surface area contributed by atoms with E-state index >= 15 is 0 Å². The van der Waals surface area contributed by atoms with E-state index in [9.17, 15) is 0 Å². The van der Waals surface area contributed by atoms with Crippen molar-refractivity contribution in [3.8, 4) is 0 Å². The first kappa shape index (κ1) is 11.2. The molecule has 0 saturated carbocycles. The van der Waals surface area contributed by atoms with Crippen molar-refractivity contribution >= 4 is 0 Å². The number of nitrogens with one attached hydrogen (secondary N) is 2. The summed E-state index contributed by atoms with van der Waals surface area (Å²) in [5.74, 6) is 0. The fraction of sp³-hybridized carbons (Fsp3) is 0.500. The van der Waals surface area contributed by atoms with Crippen LogP contribution in [0.25, 0.3) is 0 Å². The Balaban J connectivity index is 0.000000461. The molecule has 0 spiro atoms. The highest BCUT2D eigenvalue weighted by molar-refractivity contribution is 5.37. The molecule has 2 heteroatoms. The Bertz CT molecular complexity index is 282. The minimum absolute atomic E-state index is 0.977. The minimum atomic E-state index is 0.977. The molecule has 78 valence electrons. The van der Waals surface area contributed by atoms with E-state index < -0.39 is 0 Å². The highest BCUT2D eigenvalue weighted by Gasteiger charge is 2.12. The maximum Gasteiger partial charge on any atom is 0.0215 e. The Labute approximate surface area is 86.7 Å². The minimum Gasteiger partial charge on any atom is -0.316 e. The van der Waals surface area contributed by atoms with Gasteiger partial charge in [0.2, 0.25) is 0 Å². The van der Waals surface area contributed by atoms with Gasteiger partial charge in [-0.2, -0.15) is 0 Å². The lowest BCUT2D eigenvalue weighted by Crippen LogP contribution is -2.08. The van der Waals surface area contributed by atoms with Crippen LogP contribution < -0.4 is 10.6 Å². The smallest absolute Gasteiger partial charge is 0.0215 e. The van der Waals surface area contributed by atoms with Crippen LogP contribution in [0.5, 0.6) is 0 Å². The molecule has 1 aromatic carbocycles. The van der Waals surface area contributed by atoms with E-state index in [0.717, 1.165) is 19.6 Å². The molecule has 1 heterocycles. The van der Waals surface area contributed by atoms with Gasteiger partial charge >= 0.3 is 0 Å². The number of rotatable bonds is 2. The number of hydrogen-bond donors (Lipinski definition) is 2. The average molecular weight is 192 g/mol. The van der Waals surface area contributed by atoms with Crippen molar-refractivity contribution in [1.82, 2.24) is 10.6 Å². The lowest BCUT2D eigenvalue weighted by atomic mass is 10.0. The summed E-state index contributed by atoms with van der Waals surface area (Å²) in [5, 5.41) is 6.54. The SMILES string of the molecule is CC.CNCc1cccc2c1CNC2. The zero-order valence-corrected chi connectivity index (χ0v) is 9.35. The summed E-state index contributed by atoms with van der Waals surface area (Å²) in [4.78, 5) is 0. The van der Waals surface area contributed by atoms with Crippen LogP contribution in [-0.2, 0) is 19.6 Å². The molecule has 0 amide bonds. The molecule has 2 rings (SSSR count). The zero-order valence-electron chi connectivity index (χ0n) is 9.35. The van der Waals surface area contributed by atoms with Gasteiger partial charge in [0.1, 0.15) is 0 Å². The maximum absolute atomic E-state index is 3.36. The van der Waals surface area contributed by atoms with E-state index in [1.165, 1.54) is 16.7 Å². The first-order valence-electron chi connectivity index (χ1n) is 5.37. The molecule has 0 atom stereocenters. The van der Waals surface area contributed by atoms with Gasteiger partial charge < -0.3 is 10.6 Å². The largest absolute Gasteiger partial charge is 0.316 e. The molecule has 0 aliphatic carbocycles. The van der Waals surface area contributed by atoms with Gasteiger partial charge in [-0.05, 0) is 23.7 Å². The molecular weight excluding hydrogens is 172 g/mol. The summed E-state index contributed by atoms with van der Waals surface area (Å²) in [6.45, 7) is 7.05. The normalized spacial score (nSPS) is 13.1. The van der Waals surface area contributed by atoms with Crippen molar-refractivity contribution < 1.29 is 0 Å². The van der Waals surface area contributed by atoms with Crippen molar-refractivity contribution in [3.05, 3.63) is 34.9 Å². The third-order valence-electron chi connectivity index (χ3n) is 2.35. The Hall–Kier alpha value is -0.860. The molecule has 1 aliphatic heterocycles. The number of hydrogen-bond acceptors (Lipinski definition) is 2. The molecule has 1 aromatic rings. The lowest BCUT2D eigenvalue weighted by molar-refractivity contribution is 0.753. The van der Waals surface area contributed by atoms with E-state index in [0.29, 0.717) is 0 Å². The van der Waals surface area contributed by atoms with Crippen molar-refractivity contribution in [2.45, 2.75) is 33.5 Å². The molecule has 14 heavy (non-hydrogen) atoms. The topological polar surface area (TPSA) is 24.1 Å². The second-order valence-electron chi connectivity index (χ2n) is 3.19. The van der Waals surface area contributed by atoms with E-state index in [2.05, 4.69) is 28.8 Å². The van der Waals surface area contributed by atoms with Gasteiger partial charge in [0, 0.05) is 19.6 Å². The van der Waals surface area contributed by atoms with Crippen LogP contribution in [-0.4, -0.2) is 7.05 Å². The Morgan fingerprint density at radius 1 is 1.29 bits per heavy atom.